The highest BCUT2D eigenvalue weighted by atomic mass is 16.3. The molecule has 22 heavy (non-hydrogen) atoms. The minimum atomic E-state index is -0.369. The van der Waals surface area contributed by atoms with Crippen molar-refractivity contribution in [2.45, 2.75) is 0 Å². The Balaban J connectivity index is 1.62. The number of aromatic nitrogens is 2. The van der Waals surface area contributed by atoms with Gasteiger partial charge in [-0.05, 0) is 17.7 Å². The quantitative estimate of drug-likeness (QED) is 0.632. The standard InChI is InChI=1S/C16H14N4O2/c1-11(12-6-3-2-4-7-12)17-20-16(21)14-10-13(18-19-14)15-8-5-9-22-15/h2-10,17H,1H2,(H,18,19)(H,20,21). The van der Waals surface area contributed by atoms with Crippen LogP contribution in [0.1, 0.15) is 16.1 Å². The summed E-state index contributed by atoms with van der Waals surface area (Å²) in [5.41, 5.74) is 7.69. The summed E-state index contributed by atoms with van der Waals surface area (Å²) in [6.07, 6.45) is 1.56. The molecule has 3 rings (SSSR count). The Labute approximate surface area is 126 Å². The zero-order valence-electron chi connectivity index (χ0n) is 11.7. The van der Waals surface area contributed by atoms with E-state index in [-0.39, 0.29) is 11.6 Å². The first-order chi connectivity index (χ1) is 10.7. The van der Waals surface area contributed by atoms with Crippen LogP contribution in [0.2, 0.25) is 0 Å². The summed E-state index contributed by atoms with van der Waals surface area (Å²) in [5, 5.41) is 6.71. The molecule has 0 aliphatic heterocycles. The zero-order valence-corrected chi connectivity index (χ0v) is 11.7. The molecule has 3 aromatic rings. The first-order valence-corrected chi connectivity index (χ1v) is 6.64. The van der Waals surface area contributed by atoms with Crippen LogP contribution in [0.4, 0.5) is 0 Å². The van der Waals surface area contributed by atoms with Crippen molar-refractivity contribution in [3.63, 3.8) is 0 Å². The number of carbonyl (C=O) groups excluding carboxylic acids is 1. The van der Waals surface area contributed by atoms with Gasteiger partial charge in [0.2, 0.25) is 0 Å². The second kappa shape index (κ2) is 6.01. The lowest BCUT2D eigenvalue weighted by Crippen LogP contribution is -2.36. The van der Waals surface area contributed by atoms with Gasteiger partial charge in [-0.1, -0.05) is 36.9 Å². The van der Waals surface area contributed by atoms with E-state index in [1.54, 1.807) is 24.5 Å². The molecule has 0 aliphatic carbocycles. The van der Waals surface area contributed by atoms with Crippen molar-refractivity contribution in [1.82, 2.24) is 21.0 Å². The van der Waals surface area contributed by atoms with E-state index in [0.29, 0.717) is 17.2 Å². The highest BCUT2D eigenvalue weighted by molar-refractivity contribution is 5.93. The fraction of sp³-hybridized carbons (Fsp3) is 0. The minimum Gasteiger partial charge on any atom is -0.463 e. The third-order valence-electron chi connectivity index (χ3n) is 3.05. The van der Waals surface area contributed by atoms with Crippen molar-refractivity contribution < 1.29 is 9.21 Å². The summed E-state index contributed by atoms with van der Waals surface area (Å²) < 4.78 is 5.24. The highest BCUT2D eigenvalue weighted by Gasteiger charge is 2.12. The van der Waals surface area contributed by atoms with Gasteiger partial charge in [-0.2, -0.15) is 5.10 Å². The molecule has 2 heterocycles. The maximum Gasteiger partial charge on any atom is 0.290 e. The monoisotopic (exact) mass is 294 g/mol. The molecule has 0 aliphatic rings. The van der Waals surface area contributed by atoms with E-state index >= 15 is 0 Å². The number of hydrazine groups is 1. The number of amides is 1. The van der Waals surface area contributed by atoms with Crippen LogP contribution in [0.3, 0.4) is 0 Å². The maximum absolute atomic E-state index is 12.0. The molecule has 1 amide bonds. The van der Waals surface area contributed by atoms with Crippen LogP contribution in [0.25, 0.3) is 17.2 Å². The van der Waals surface area contributed by atoms with Gasteiger partial charge in [0.1, 0.15) is 5.69 Å². The van der Waals surface area contributed by atoms with Gasteiger partial charge in [-0.15, -0.1) is 0 Å². The van der Waals surface area contributed by atoms with E-state index in [9.17, 15) is 4.79 Å². The summed E-state index contributed by atoms with van der Waals surface area (Å²) in [5.74, 6) is 0.249. The SMILES string of the molecule is C=C(NNC(=O)c1cc(-c2ccco2)[nH]n1)c1ccccc1. The molecule has 6 heteroatoms. The van der Waals surface area contributed by atoms with Crippen molar-refractivity contribution in [3.8, 4) is 11.5 Å². The average Bonchev–Trinajstić information content (AvgIpc) is 3.23. The van der Waals surface area contributed by atoms with Crippen molar-refractivity contribution >= 4 is 11.6 Å². The van der Waals surface area contributed by atoms with Crippen LogP contribution in [-0.2, 0) is 0 Å². The molecule has 110 valence electrons. The average molecular weight is 294 g/mol. The van der Waals surface area contributed by atoms with Crippen LogP contribution >= 0.6 is 0 Å². The molecule has 3 N–H and O–H groups in total. The molecule has 6 nitrogen and oxygen atoms in total. The van der Waals surface area contributed by atoms with Gasteiger partial charge in [0.25, 0.3) is 5.91 Å². The van der Waals surface area contributed by atoms with Crippen molar-refractivity contribution in [2.75, 3.05) is 0 Å². The Bertz CT molecular complexity index is 776. The second-order valence-electron chi connectivity index (χ2n) is 4.57. The number of hydrogen-bond donors (Lipinski definition) is 3. The normalized spacial score (nSPS) is 10.2. The third-order valence-corrected chi connectivity index (χ3v) is 3.05. The smallest absolute Gasteiger partial charge is 0.290 e. The number of hydrogen-bond acceptors (Lipinski definition) is 4. The number of rotatable bonds is 5. The highest BCUT2D eigenvalue weighted by Crippen LogP contribution is 2.17. The van der Waals surface area contributed by atoms with Crippen LogP contribution in [-0.4, -0.2) is 16.1 Å². The number of furan rings is 1. The molecule has 2 aromatic heterocycles. The zero-order chi connectivity index (χ0) is 15.4. The summed E-state index contributed by atoms with van der Waals surface area (Å²) in [7, 11) is 0. The molecule has 0 spiro atoms. The van der Waals surface area contributed by atoms with Gasteiger partial charge >= 0.3 is 0 Å². The second-order valence-corrected chi connectivity index (χ2v) is 4.57. The van der Waals surface area contributed by atoms with E-state index in [0.717, 1.165) is 5.56 Å². The lowest BCUT2D eigenvalue weighted by molar-refractivity contribution is 0.0937. The van der Waals surface area contributed by atoms with Gasteiger partial charge in [0.05, 0.1) is 12.0 Å². The minimum absolute atomic E-state index is 0.250. The Hall–Kier alpha value is -3.28. The molecule has 1 aromatic carbocycles. The molecule has 0 unspecified atom stereocenters. The Morgan fingerprint density at radius 2 is 1.95 bits per heavy atom. The fourth-order valence-corrected chi connectivity index (χ4v) is 1.90. The third kappa shape index (κ3) is 2.90. The summed E-state index contributed by atoms with van der Waals surface area (Å²) in [6.45, 7) is 3.87. The molecule has 0 saturated carbocycles. The fourth-order valence-electron chi connectivity index (χ4n) is 1.90. The Morgan fingerprint density at radius 1 is 1.14 bits per heavy atom. The van der Waals surface area contributed by atoms with Crippen LogP contribution in [0.15, 0.2) is 65.8 Å². The van der Waals surface area contributed by atoms with Crippen LogP contribution in [0, 0.1) is 0 Å². The number of H-pyrrole nitrogens is 1. The first kappa shape index (κ1) is 13.7. The van der Waals surface area contributed by atoms with Gasteiger partial charge in [-0.3, -0.25) is 20.7 Å². The summed E-state index contributed by atoms with van der Waals surface area (Å²) in [4.78, 5) is 12.0. The van der Waals surface area contributed by atoms with E-state index in [4.69, 9.17) is 4.42 Å². The molecular formula is C16H14N4O2. The van der Waals surface area contributed by atoms with Gasteiger partial charge in [-0.25, -0.2) is 0 Å². The molecule has 0 atom stereocenters. The predicted octanol–water partition coefficient (Wildman–Crippen LogP) is 2.58. The number of carbonyl (C=O) groups is 1. The van der Waals surface area contributed by atoms with E-state index in [1.807, 2.05) is 30.3 Å². The molecule has 0 radical (unpaired) electrons. The van der Waals surface area contributed by atoms with Gasteiger partial charge in [0.15, 0.2) is 11.5 Å². The molecule has 0 saturated heterocycles. The summed E-state index contributed by atoms with van der Waals surface area (Å²) >= 11 is 0. The summed E-state index contributed by atoms with van der Waals surface area (Å²) in [6, 6.07) is 14.7. The van der Waals surface area contributed by atoms with E-state index < -0.39 is 0 Å². The van der Waals surface area contributed by atoms with Gasteiger partial charge in [0, 0.05) is 6.07 Å². The topological polar surface area (TPSA) is 83.0 Å². The van der Waals surface area contributed by atoms with Crippen LogP contribution < -0.4 is 10.9 Å². The lowest BCUT2D eigenvalue weighted by Gasteiger charge is -2.09. The first-order valence-electron chi connectivity index (χ1n) is 6.64. The molecular weight excluding hydrogens is 280 g/mol. The maximum atomic E-state index is 12.0. The van der Waals surface area contributed by atoms with Gasteiger partial charge < -0.3 is 4.42 Å². The number of aromatic amines is 1. The Kier molecular flexibility index (Phi) is 3.74. The van der Waals surface area contributed by atoms with Crippen molar-refractivity contribution in [2.24, 2.45) is 0 Å². The number of nitrogens with zero attached hydrogens (tertiary/aromatic N) is 1. The van der Waals surface area contributed by atoms with Crippen molar-refractivity contribution in [3.05, 3.63) is 72.6 Å². The number of nitrogens with one attached hydrogen (secondary N) is 3. The lowest BCUT2D eigenvalue weighted by atomic mass is 10.2. The largest absolute Gasteiger partial charge is 0.463 e. The Morgan fingerprint density at radius 3 is 2.68 bits per heavy atom. The predicted molar refractivity (Wildman–Crippen MR) is 82.4 cm³/mol. The molecule has 0 fully saturated rings. The van der Waals surface area contributed by atoms with E-state index in [2.05, 4.69) is 27.6 Å². The molecule has 0 bridgehead atoms. The number of benzene rings is 1. The van der Waals surface area contributed by atoms with Crippen molar-refractivity contribution in [1.29, 1.82) is 0 Å². The van der Waals surface area contributed by atoms with Crippen LogP contribution in [0.5, 0.6) is 0 Å². The van der Waals surface area contributed by atoms with E-state index in [1.165, 1.54) is 0 Å².